The first-order valence-electron chi connectivity index (χ1n) is 10.7. The van der Waals surface area contributed by atoms with Crippen LogP contribution in [-0.4, -0.2) is 31.2 Å². The lowest BCUT2D eigenvalue weighted by Gasteiger charge is -2.16. The van der Waals surface area contributed by atoms with Gasteiger partial charge in [-0.25, -0.2) is 0 Å². The zero-order chi connectivity index (χ0) is 25.7. The van der Waals surface area contributed by atoms with Crippen LogP contribution in [0.5, 0.6) is 5.75 Å². The molecule has 1 heterocycles. The van der Waals surface area contributed by atoms with Crippen molar-refractivity contribution in [1.29, 1.82) is 0 Å². The number of non-ortho nitro benzene ring substituents is 1. The Hall–Kier alpha value is -3.96. The molecule has 0 aliphatic heterocycles. The molecule has 0 aliphatic carbocycles. The molecule has 0 aliphatic rings. The number of hydrogen-bond acceptors (Lipinski definition) is 8. The Labute approximate surface area is 215 Å². The summed E-state index contributed by atoms with van der Waals surface area (Å²) in [6.07, 6.45) is 0. The van der Waals surface area contributed by atoms with Crippen LogP contribution in [0.3, 0.4) is 0 Å². The van der Waals surface area contributed by atoms with E-state index < -0.39 is 10.2 Å². The maximum absolute atomic E-state index is 11.5. The minimum Gasteiger partial charge on any atom is -0.487 e. The van der Waals surface area contributed by atoms with Gasteiger partial charge in [-0.2, -0.15) is 0 Å². The highest BCUT2D eigenvalue weighted by Gasteiger charge is 2.24. The Morgan fingerprint density at radius 2 is 1.81 bits per heavy atom. The van der Waals surface area contributed by atoms with Crippen molar-refractivity contribution in [2.45, 2.75) is 23.9 Å². The Kier molecular flexibility index (Phi) is 7.81. The smallest absolute Gasteiger partial charge is 0.269 e. The third-order valence-corrected chi connectivity index (χ3v) is 6.69. The van der Waals surface area contributed by atoms with E-state index in [4.69, 9.17) is 16.3 Å². The van der Waals surface area contributed by atoms with Crippen molar-refractivity contribution in [3.63, 3.8) is 0 Å². The minimum absolute atomic E-state index is 0.0317. The molecule has 0 fully saturated rings. The van der Waals surface area contributed by atoms with Gasteiger partial charge in [0.05, 0.1) is 9.95 Å². The molecule has 0 bridgehead atoms. The molecule has 36 heavy (non-hydrogen) atoms. The number of halogens is 1. The Balaban J connectivity index is 1.55. The largest absolute Gasteiger partial charge is 0.487 e. The van der Waals surface area contributed by atoms with Gasteiger partial charge in [0.1, 0.15) is 23.4 Å². The van der Waals surface area contributed by atoms with Crippen molar-refractivity contribution in [2.24, 2.45) is 0 Å². The normalized spacial score (nSPS) is 11.7. The van der Waals surface area contributed by atoms with Gasteiger partial charge in [-0.3, -0.25) is 24.8 Å². The standard InChI is InChI=1S/C24H20ClN5O5S/c1-16-26-27-24(29(16)19-7-3-2-4-8-19)36-23(14-28(31)32)18-10-11-22(21(25)13-18)35-15-17-6-5-9-20(12-17)30(33)34/h2-13,23H,14-15H2,1H3/t23-/m1/s1. The van der Waals surface area contributed by atoms with Crippen molar-refractivity contribution >= 4 is 29.1 Å². The number of thioether (sulfide) groups is 1. The van der Waals surface area contributed by atoms with Crippen LogP contribution in [0.1, 0.15) is 22.2 Å². The number of aromatic nitrogens is 3. The van der Waals surface area contributed by atoms with Crippen molar-refractivity contribution in [2.75, 3.05) is 6.54 Å². The fourth-order valence-electron chi connectivity index (χ4n) is 3.52. The molecule has 1 atom stereocenters. The van der Waals surface area contributed by atoms with Crippen molar-refractivity contribution in [3.8, 4) is 11.4 Å². The van der Waals surface area contributed by atoms with E-state index in [-0.39, 0.29) is 28.8 Å². The number of nitrogens with zero attached hydrogens (tertiary/aromatic N) is 5. The van der Waals surface area contributed by atoms with Crippen LogP contribution in [-0.2, 0) is 6.61 Å². The molecule has 0 amide bonds. The van der Waals surface area contributed by atoms with Gasteiger partial charge in [-0.05, 0) is 42.3 Å². The molecule has 0 saturated carbocycles. The van der Waals surface area contributed by atoms with Gasteiger partial charge < -0.3 is 4.74 Å². The van der Waals surface area contributed by atoms with Gasteiger partial charge in [0.25, 0.3) is 5.69 Å². The zero-order valence-electron chi connectivity index (χ0n) is 19.0. The molecule has 0 radical (unpaired) electrons. The van der Waals surface area contributed by atoms with Crippen molar-refractivity contribution in [3.05, 3.63) is 115 Å². The molecular formula is C24H20ClN5O5S. The van der Waals surface area contributed by atoms with Crippen LogP contribution in [0.25, 0.3) is 5.69 Å². The lowest BCUT2D eigenvalue weighted by Crippen LogP contribution is -2.11. The van der Waals surface area contributed by atoms with Crippen LogP contribution in [0.4, 0.5) is 5.69 Å². The second-order valence-corrected chi connectivity index (χ2v) is 9.31. The first-order chi connectivity index (χ1) is 17.3. The SMILES string of the molecule is Cc1nnc(S[C@H](C[N+](=O)[O-])c2ccc(OCc3cccc([N+](=O)[O-])c3)c(Cl)c2)n1-c1ccccc1. The molecule has 10 nitrogen and oxygen atoms in total. The first kappa shape index (κ1) is 25.1. The van der Waals surface area contributed by atoms with E-state index in [1.165, 1.54) is 23.9 Å². The van der Waals surface area contributed by atoms with Crippen LogP contribution in [0, 0.1) is 27.2 Å². The van der Waals surface area contributed by atoms with Crippen molar-refractivity contribution < 1.29 is 14.6 Å². The summed E-state index contributed by atoms with van der Waals surface area (Å²) in [4.78, 5) is 21.6. The number of para-hydroxylation sites is 1. The van der Waals surface area contributed by atoms with Gasteiger partial charge in [-0.1, -0.05) is 59.8 Å². The van der Waals surface area contributed by atoms with Gasteiger partial charge >= 0.3 is 0 Å². The average molecular weight is 526 g/mol. The van der Waals surface area contributed by atoms with Crippen LogP contribution >= 0.6 is 23.4 Å². The number of nitro benzene ring substituents is 1. The van der Waals surface area contributed by atoms with E-state index >= 15 is 0 Å². The number of aryl methyl sites for hydroxylation is 1. The Morgan fingerprint density at radius 1 is 1.03 bits per heavy atom. The van der Waals surface area contributed by atoms with E-state index in [1.54, 1.807) is 30.3 Å². The number of hydrogen-bond donors (Lipinski definition) is 0. The number of benzene rings is 3. The second-order valence-electron chi connectivity index (χ2n) is 7.73. The molecule has 184 valence electrons. The summed E-state index contributed by atoms with van der Waals surface area (Å²) in [5.41, 5.74) is 2.06. The average Bonchev–Trinajstić information content (AvgIpc) is 3.23. The van der Waals surface area contributed by atoms with Crippen LogP contribution in [0.15, 0.2) is 78.0 Å². The summed E-state index contributed by atoms with van der Waals surface area (Å²) in [5, 5.41) is 31.0. The first-order valence-corrected chi connectivity index (χ1v) is 12.0. The summed E-state index contributed by atoms with van der Waals surface area (Å²) in [7, 11) is 0. The third-order valence-electron chi connectivity index (χ3n) is 5.22. The predicted octanol–water partition coefficient (Wildman–Crippen LogP) is 5.83. The molecule has 4 aromatic rings. The lowest BCUT2D eigenvalue weighted by molar-refractivity contribution is -0.479. The highest BCUT2D eigenvalue weighted by Crippen LogP contribution is 2.38. The summed E-state index contributed by atoms with van der Waals surface area (Å²) in [6, 6.07) is 20.6. The van der Waals surface area contributed by atoms with Crippen molar-refractivity contribution in [1.82, 2.24) is 14.8 Å². The van der Waals surface area contributed by atoms with Gasteiger partial charge in [0.15, 0.2) is 5.16 Å². The molecule has 0 unspecified atom stereocenters. The fraction of sp³-hybridized carbons (Fsp3) is 0.167. The van der Waals surface area contributed by atoms with Gasteiger partial charge in [0.2, 0.25) is 6.54 Å². The quantitative estimate of drug-likeness (QED) is 0.144. The molecule has 0 N–H and O–H groups in total. The molecule has 4 rings (SSSR count). The molecular weight excluding hydrogens is 506 g/mol. The summed E-state index contributed by atoms with van der Waals surface area (Å²) >= 11 is 7.67. The highest BCUT2D eigenvalue weighted by molar-refractivity contribution is 7.99. The Morgan fingerprint density at radius 3 is 2.50 bits per heavy atom. The lowest BCUT2D eigenvalue weighted by atomic mass is 10.1. The fourth-order valence-corrected chi connectivity index (χ4v) is 4.93. The minimum atomic E-state index is -0.589. The van der Waals surface area contributed by atoms with E-state index in [0.717, 1.165) is 5.69 Å². The van der Waals surface area contributed by atoms with E-state index in [0.29, 0.717) is 27.9 Å². The number of nitro groups is 2. The zero-order valence-corrected chi connectivity index (χ0v) is 20.6. The van der Waals surface area contributed by atoms with E-state index in [9.17, 15) is 20.2 Å². The molecule has 12 heteroatoms. The van der Waals surface area contributed by atoms with Crippen LogP contribution < -0.4 is 4.74 Å². The topological polar surface area (TPSA) is 126 Å². The summed E-state index contributed by atoms with van der Waals surface area (Å²) < 4.78 is 7.59. The monoisotopic (exact) mass is 525 g/mol. The molecule has 0 saturated heterocycles. The van der Waals surface area contributed by atoms with E-state index in [2.05, 4.69) is 10.2 Å². The maximum atomic E-state index is 11.5. The maximum Gasteiger partial charge on any atom is 0.269 e. The molecule has 1 aromatic heterocycles. The predicted molar refractivity (Wildman–Crippen MR) is 135 cm³/mol. The summed E-state index contributed by atoms with van der Waals surface area (Å²) in [6.45, 7) is 1.54. The van der Waals surface area contributed by atoms with E-state index in [1.807, 2.05) is 41.8 Å². The number of ether oxygens (including phenoxy) is 1. The van der Waals surface area contributed by atoms with Gasteiger partial charge in [-0.15, -0.1) is 10.2 Å². The third kappa shape index (κ3) is 5.99. The Bertz CT molecular complexity index is 1400. The summed E-state index contributed by atoms with van der Waals surface area (Å²) in [5.74, 6) is 1.02. The van der Waals surface area contributed by atoms with Crippen LogP contribution in [0.2, 0.25) is 5.02 Å². The highest BCUT2D eigenvalue weighted by atomic mass is 35.5. The molecule has 3 aromatic carbocycles. The number of rotatable bonds is 10. The second kappa shape index (κ2) is 11.2. The van der Waals surface area contributed by atoms with Gasteiger partial charge in [0, 0.05) is 22.7 Å². The molecule has 0 spiro atoms.